The Hall–Kier alpha value is -1.46. The molecule has 0 aliphatic carbocycles. The van der Waals surface area contributed by atoms with Crippen LogP contribution < -0.4 is 0 Å². The number of carbonyl (C=O) groups is 2. The number of unbranched alkanes of at least 4 members (excludes halogenated alkanes) is 16. The summed E-state index contributed by atoms with van der Waals surface area (Å²) in [5.41, 5.74) is 0. The fourth-order valence-electron chi connectivity index (χ4n) is 4.95. The van der Waals surface area contributed by atoms with E-state index >= 15 is 0 Å². The van der Waals surface area contributed by atoms with E-state index in [1.807, 2.05) is 0 Å². The van der Waals surface area contributed by atoms with E-state index in [1.165, 1.54) is 77.0 Å². The minimum atomic E-state index is -0.977. The maximum absolute atomic E-state index is 11.7. The smallest absolute Gasteiger partial charge is 0.305 e. The van der Waals surface area contributed by atoms with Gasteiger partial charge < -0.3 is 59.4 Å². The summed E-state index contributed by atoms with van der Waals surface area (Å²) in [6, 6.07) is 0. The molecule has 14 nitrogen and oxygen atoms in total. The maximum atomic E-state index is 11.7. The van der Waals surface area contributed by atoms with Crippen LogP contribution in [-0.4, -0.2) is 144 Å². The highest BCUT2D eigenvalue weighted by Gasteiger charge is 2.13. The largest absolute Gasteiger partial charge is 0.463 e. The molecule has 0 aromatic rings. The molecule has 0 aliphatic rings. The lowest BCUT2D eigenvalue weighted by molar-refractivity contribution is -0.149. The van der Waals surface area contributed by atoms with Gasteiger partial charge in [-0.05, 0) is 12.8 Å². The molecule has 0 bridgehead atoms. The third kappa shape index (κ3) is 43.1. The van der Waals surface area contributed by atoms with E-state index < -0.39 is 37.1 Å². The van der Waals surface area contributed by atoms with Gasteiger partial charge in [0.25, 0.3) is 0 Å². The molecule has 0 fully saturated rings. The highest BCUT2D eigenvalue weighted by molar-refractivity contribution is 5.69. The molecule has 0 heterocycles. The lowest BCUT2D eigenvalue weighted by Gasteiger charge is -2.15. The third-order valence-electron chi connectivity index (χ3n) is 8.13. The zero-order chi connectivity index (χ0) is 39.8. The minimum Gasteiger partial charge on any atom is -0.463 e. The normalized spacial score (nSPS) is 14.1. The fourth-order valence-corrected chi connectivity index (χ4v) is 4.95. The second kappa shape index (κ2) is 41.7. The number of hydrogen-bond acceptors (Lipinski definition) is 14. The average Bonchev–Trinajstić information content (AvgIpc) is 3.15. The van der Waals surface area contributed by atoms with E-state index in [2.05, 4.69) is 13.8 Å². The van der Waals surface area contributed by atoms with Crippen LogP contribution in [0.5, 0.6) is 0 Å². The van der Waals surface area contributed by atoms with Crippen LogP contribution in [0.1, 0.15) is 142 Å². The summed E-state index contributed by atoms with van der Waals surface area (Å²) in [4.78, 5) is 23.2. The average molecular weight is 771 g/mol. The summed E-state index contributed by atoms with van der Waals surface area (Å²) in [5, 5.41) is 64.3. The summed E-state index contributed by atoms with van der Waals surface area (Å²) in [6.45, 7) is 3.04. The first kappa shape index (κ1) is 53.6. The molecule has 0 rings (SSSR count). The Balaban J connectivity index is 0. The fraction of sp³-hybridized carbons (Fsp3) is 0.949. The molecule has 0 aromatic heterocycles. The van der Waals surface area contributed by atoms with E-state index in [0.29, 0.717) is 12.8 Å². The van der Waals surface area contributed by atoms with E-state index in [0.717, 1.165) is 38.5 Å². The quantitative estimate of drug-likeness (QED) is 0.0351. The van der Waals surface area contributed by atoms with Crippen LogP contribution in [-0.2, 0) is 33.3 Å². The number of aliphatic hydroxyl groups excluding tert-OH is 7. The van der Waals surface area contributed by atoms with Gasteiger partial charge in [-0.3, -0.25) is 9.59 Å². The first-order valence-corrected chi connectivity index (χ1v) is 20.3. The van der Waals surface area contributed by atoms with Crippen molar-refractivity contribution in [2.45, 2.75) is 173 Å². The molecule has 0 amide bonds. The molecular formula is C39H78O14. The van der Waals surface area contributed by atoms with Crippen molar-refractivity contribution in [2.24, 2.45) is 0 Å². The van der Waals surface area contributed by atoms with Crippen molar-refractivity contribution >= 4 is 11.9 Å². The van der Waals surface area contributed by atoms with Crippen molar-refractivity contribution in [1.29, 1.82) is 0 Å². The Morgan fingerprint density at radius 3 is 0.906 bits per heavy atom. The number of carbonyl (C=O) groups excluding carboxylic acids is 2. The van der Waals surface area contributed by atoms with Crippen LogP contribution in [0.4, 0.5) is 0 Å². The van der Waals surface area contributed by atoms with Crippen LogP contribution >= 0.6 is 0 Å². The predicted molar refractivity (Wildman–Crippen MR) is 202 cm³/mol. The first-order chi connectivity index (χ1) is 25.6. The zero-order valence-corrected chi connectivity index (χ0v) is 33.1. The summed E-state index contributed by atoms with van der Waals surface area (Å²) in [5.74, 6) is -0.615. The standard InChI is InChI=1S/C21H42O8.C18H36O6/c1-2-3-4-5-6-7-8-9-10-11-21(26)29-17-20(25)16-28-15-19(24)14-27-13-18(23)12-22;1-2-3-4-5-6-7-8-9-10-11-18(22)24-15-17(21)14-23-13-16(20)12-19/h18-20,22-25H,2-17H2,1H3;16-17,19-21H,2-15H2,1H3. The third-order valence-corrected chi connectivity index (χ3v) is 8.13. The number of esters is 2. The SMILES string of the molecule is CCCCCCCCCCCC(=O)OCC(O)COCC(O)CO.CCCCCCCCCCCC(=O)OCC(O)COCC(O)COCC(O)CO. The number of hydrogen-bond donors (Lipinski definition) is 7. The summed E-state index contributed by atoms with van der Waals surface area (Å²) in [7, 11) is 0. The highest BCUT2D eigenvalue weighted by Crippen LogP contribution is 2.12. The molecule has 14 heteroatoms. The lowest BCUT2D eigenvalue weighted by atomic mass is 10.1. The van der Waals surface area contributed by atoms with Gasteiger partial charge in [-0.15, -0.1) is 0 Å². The first-order valence-electron chi connectivity index (χ1n) is 20.3. The Morgan fingerprint density at radius 2 is 0.623 bits per heavy atom. The lowest BCUT2D eigenvalue weighted by Crippen LogP contribution is -2.29. The Labute approximate surface area is 319 Å². The van der Waals surface area contributed by atoms with Gasteiger partial charge in [-0.25, -0.2) is 0 Å². The van der Waals surface area contributed by atoms with Crippen molar-refractivity contribution in [1.82, 2.24) is 0 Å². The van der Waals surface area contributed by atoms with E-state index in [4.69, 9.17) is 44.1 Å². The summed E-state index contributed by atoms with van der Waals surface area (Å²) in [6.07, 6.45) is 17.4. The van der Waals surface area contributed by atoms with Crippen LogP contribution in [0.3, 0.4) is 0 Å². The van der Waals surface area contributed by atoms with Gasteiger partial charge in [0.1, 0.15) is 43.7 Å². The van der Waals surface area contributed by atoms with E-state index in [-0.39, 0.29) is 71.4 Å². The molecule has 0 spiro atoms. The molecule has 0 saturated carbocycles. The van der Waals surface area contributed by atoms with Crippen molar-refractivity contribution in [3.05, 3.63) is 0 Å². The maximum Gasteiger partial charge on any atom is 0.305 e. The molecule has 5 atom stereocenters. The Kier molecular flexibility index (Phi) is 42.2. The molecule has 53 heavy (non-hydrogen) atoms. The summed E-state index contributed by atoms with van der Waals surface area (Å²) < 4.78 is 25.1. The highest BCUT2D eigenvalue weighted by atomic mass is 16.6. The number of ether oxygens (including phenoxy) is 5. The molecule has 0 aromatic carbocycles. The topological polar surface area (TPSA) is 222 Å². The van der Waals surface area contributed by atoms with Gasteiger partial charge in [-0.2, -0.15) is 0 Å². The molecule has 0 saturated heterocycles. The van der Waals surface area contributed by atoms with Gasteiger partial charge in [0.15, 0.2) is 0 Å². The molecule has 318 valence electrons. The minimum absolute atomic E-state index is 0.0393. The molecule has 7 N–H and O–H groups in total. The molecule has 5 unspecified atom stereocenters. The van der Waals surface area contributed by atoms with E-state index in [9.17, 15) is 24.9 Å². The van der Waals surface area contributed by atoms with Crippen molar-refractivity contribution in [3.8, 4) is 0 Å². The van der Waals surface area contributed by atoms with Crippen molar-refractivity contribution in [3.63, 3.8) is 0 Å². The molecule has 0 radical (unpaired) electrons. The second-order valence-electron chi connectivity index (χ2n) is 13.8. The van der Waals surface area contributed by atoms with Crippen LogP contribution in [0.2, 0.25) is 0 Å². The van der Waals surface area contributed by atoms with Gasteiger partial charge >= 0.3 is 11.9 Å². The monoisotopic (exact) mass is 771 g/mol. The van der Waals surface area contributed by atoms with Gasteiger partial charge in [0.05, 0.1) is 52.9 Å². The summed E-state index contributed by atoms with van der Waals surface area (Å²) >= 11 is 0. The zero-order valence-electron chi connectivity index (χ0n) is 33.1. The van der Waals surface area contributed by atoms with Gasteiger partial charge in [-0.1, -0.05) is 117 Å². The second-order valence-corrected chi connectivity index (χ2v) is 13.8. The van der Waals surface area contributed by atoms with E-state index in [1.54, 1.807) is 0 Å². The van der Waals surface area contributed by atoms with Gasteiger partial charge in [0.2, 0.25) is 0 Å². The number of rotatable bonds is 38. The number of aliphatic hydroxyl groups is 7. The van der Waals surface area contributed by atoms with Crippen molar-refractivity contribution in [2.75, 3.05) is 66.1 Å². The van der Waals surface area contributed by atoms with Crippen molar-refractivity contribution < 1.29 is 69.0 Å². The van der Waals surface area contributed by atoms with Crippen LogP contribution in [0.15, 0.2) is 0 Å². The van der Waals surface area contributed by atoms with Crippen LogP contribution in [0, 0.1) is 0 Å². The molecule has 0 aliphatic heterocycles. The Bertz CT molecular complexity index is 774. The Morgan fingerprint density at radius 1 is 0.377 bits per heavy atom. The van der Waals surface area contributed by atoms with Crippen LogP contribution in [0.25, 0.3) is 0 Å². The van der Waals surface area contributed by atoms with Gasteiger partial charge in [0, 0.05) is 12.8 Å². The predicted octanol–water partition coefficient (Wildman–Crippen LogP) is 3.74. The molecular weight excluding hydrogens is 692 g/mol.